The minimum atomic E-state index is -0.808. The second-order valence-electron chi connectivity index (χ2n) is 3.38. The quantitative estimate of drug-likeness (QED) is 0.708. The molecule has 1 amide bonds. The normalized spacial score (nSPS) is 10.6. The Kier molecular flexibility index (Phi) is 4.04. The average molecular weight is 213 g/mol. The third-order valence-electron chi connectivity index (χ3n) is 1.72. The van der Waals surface area contributed by atoms with Gasteiger partial charge in [0.15, 0.2) is 0 Å². The van der Waals surface area contributed by atoms with Gasteiger partial charge in [-0.1, -0.05) is 5.21 Å². The van der Waals surface area contributed by atoms with Crippen molar-refractivity contribution in [1.29, 1.82) is 0 Å². The van der Waals surface area contributed by atoms with Crippen LogP contribution in [0, 0.1) is 0 Å². The number of carbonyl (C=O) groups is 1. The van der Waals surface area contributed by atoms with E-state index in [0.717, 1.165) is 13.1 Å². The first-order valence-corrected chi connectivity index (χ1v) is 4.54. The number of aromatic nitrogens is 3. The van der Waals surface area contributed by atoms with E-state index in [4.69, 9.17) is 5.73 Å². The number of rotatable bonds is 5. The van der Waals surface area contributed by atoms with Gasteiger partial charge in [0.25, 0.3) is 0 Å². The van der Waals surface area contributed by atoms with Gasteiger partial charge in [-0.2, -0.15) is 0 Å². The third kappa shape index (κ3) is 4.41. The Morgan fingerprint density at radius 3 is 3.00 bits per heavy atom. The zero-order chi connectivity index (χ0) is 11.3. The number of primary amides is 1. The first kappa shape index (κ1) is 11.4. The fourth-order valence-corrected chi connectivity index (χ4v) is 0.961. The highest BCUT2D eigenvalue weighted by Gasteiger charge is 2.02. The molecule has 0 aliphatic carbocycles. The molecule has 0 aromatic carbocycles. The number of hydrogen-bond donors (Lipinski definition) is 1. The van der Waals surface area contributed by atoms with Crippen LogP contribution in [0.5, 0.6) is 0 Å². The molecule has 2 N–H and O–H groups in total. The summed E-state index contributed by atoms with van der Waals surface area (Å²) < 4.78 is 6.27. The van der Waals surface area contributed by atoms with Crippen molar-refractivity contribution in [2.24, 2.45) is 5.73 Å². The minimum Gasteiger partial charge on any atom is -0.443 e. The van der Waals surface area contributed by atoms with Crippen LogP contribution in [0.25, 0.3) is 0 Å². The fraction of sp³-hybridized carbons (Fsp3) is 0.625. The van der Waals surface area contributed by atoms with Crippen LogP contribution in [-0.2, 0) is 17.9 Å². The van der Waals surface area contributed by atoms with Crippen molar-refractivity contribution >= 4 is 6.09 Å². The lowest BCUT2D eigenvalue weighted by Crippen LogP contribution is -2.18. The second kappa shape index (κ2) is 5.30. The third-order valence-corrected chi connectivity index (χ3v) is 1.72. The van der Waals surface area contributed by atoms with E-state index in [1.54, 1.807) is 10.9 Å². The van der Waals surface area contributed by atoms with Gasteiger partial charge in [-0.25, -0.2) is 4.79 Å². The van der Waals surface area contributed by atoms with Crippen LogP contribution >= 0.6 is 0 Å². The maximum atomic E-state index is 10.3. The van der Waals surface area contributed by atoms with Crippen LogP contribution in [0.4, 0.5) is 4.79 Å². The molecule has 1 aromatic rings. The molecule has 0 unspecified atom stereocenters. The molecule has 7 nitrogen and oxygen atoms in total. The van der Waals surface area contributed by atoms with Crippen molar-refractivity contribution in [2.45, 2.75) is 13.2 Å². The predicted octanol–water partition coefficient (Wildman–Crippen LogP) is -0.565. The predicted molar refractivity (Wildman–Crippen MR) is 52.9 cm³/mol. The largest absolute Gasteiger partial charge is 0.443 e. The summed E-state index contributed by atoms with van der Waals surface area (Å²) in [7, 11) is 3.96. The number of amides is 1. The van der Waals surface area contributed by atoms with Crippen LogP contribution in [0.3, 0.4) is 0 Å². The lowest BCUT2D eigenvalue weighted by molar-refractivity contribution is 0.149. The first-order chi connectivity index (χ1) is 7.08. The van der Waals surface area contributed by atoms with Gasteiger partial charge in [0.1, 0.15) is 12.3 Å². The molecule has 0 saturated heterocycles. The van der Waals surface area contributed by atoms with E-state index in [9.17, 15) is 4.79 Å². The van der Waals surface area contributed by atoms with Gasteiger partial charge in [-0.3, -0.25) is 4.68 Å². The van der Waals surface area contributed by atoms with Gasteiger partial charge in [-0.15, -0.1) is 5.10 Å². The van der Waals surface area contributed by atoms with E-state index in [1.807, 2.05) is 19.0 Å². The zero-order valence-corrected chi connectivity index (χ0v) is 8.88. The van der Waals surface area contributed by atoms with Crippen molar-refractivity contribution in [2.75, 3.05) is 20.6 Å². The summed E-state index contributed by atoms with van der Waals surface area (Å²) in [6, 6.07) is 0. The van der Waals surface area contributed by atoms with E-state index in [2.05, 4.69) is 15.0 Å². The summed E-state index contributed by atoms with van der Waals surface area (Å²) >= 11 is 0. The lowest BCUT2D eigenvalue weighted by atomic mass is 10.5. The van der Waals surface area contributed by atoms with Crippen molar-refractivity contribution in [1.82, 2.24) is 19.9 Å². The molecule has 0 radical (unpaired) electrons. The SMILES string of the molecule is CN(C)CCn1cc(COC(N)=O)nn1. The molecule has 0 atom stereocenters. The molecular formula is C8H15N5O2. The fourth-order valence-electron chi connectivity index (χ4n) is 0.961. The number of carbonyl (C=O) groups excluding carboxylic acids is 1. The molecule has 84 valence electrons. The van der Waals surface area contributed by atoms with E-state index >= 15 is 0 Å². The van der Waals surface area contributed by atoms with Crippen LogP contribution in [0.15, 0.2) is 6.20 Å². The van der Waals surface area contributed by atoms with Crippen LogP contribution in [-0.4, -0.2) is 46.6 Å². The van der Waals surface area contributed by atoms with Crippen molar-refractivity contribution < 1.29 is 9.53 Å². The number of ether oxygens (including phenoxy) is 1. The molecule has 7 heteroatoms. The van der Waals surface area contributed by atoms with Gasteiger partial charge in [0.05, 0.1) is 12.7 Å². The molecule has 0 spiro atoms. The number of hydrogen-bond acceptors (Lipinski definition) is 5. The summed E-state index contributed by atoms with van der Waals surface area (Å²) in [5, 5.41) is 7.70. The highest BCUT2D eigenvalue weighted by Crippen LogP contribution is 1.95. The maximum absolute atomic E-state index is 10.3. The smallest absolute Gasteiger partial charge is 0.404 e. The Hall–Kier alpha value is -1.63. The Labute approximate surface area is 87.8 Å². The molecule has 1 aromatic heterocycles. The van der Waals surface area contributed by atoms with Crippen molar-refractivity contribution in [3.8, 4) is 0 Å². The minimum absolute atomic E-state index is 0.0668. The summed E-state index contributed by atoms with van der Waals surface area (Å²) in [5.41, 5.74) is 5.41. The lowest BCUT2D eigenvalue weighted by Gasteiger charge is -2.07. The Morgan fingerprint density at radius 1 is 1.67 bits per heavy atom. The molecule has 0 aliphatic rings. The Bertz CT molecular complexity index is 323. The molecule has 1 rings (SSSR count). The van der Waals surface area contributed by atoms with E-state index in [1.165, 1.54) is 0 Å². The Morgan fingerprint density at radius 2 is 2.40 bits per heavy atom. The van der Waals surface area contributed by atoms with E-state index in [0.29, 0.717) is 5.69 Å². The summed E-state index contributed by atoms with van der Waals surface area (Å²) in [6.07, 6.45) is 0.921. The van der Waals surface area contributed by atoms with Crippen LogP contribution in [0.2, 0.25) is 0 Å². The van der Waals surface area contributed by atoms with Gasteiger partial charge >= 0.3 is 6.09 Å². The van der Waals surface area contributed by atoms with E-state index < -0.39 is 6.09 Å². The molecule has 15 heavy (non-hydrogen) atoms. The molecule has 0 saturated carbocycles. The summed E-state index contributed by atoms with van der Waals surface area (Å²) in [6.45, 7) is 1.69. The van der Waals surface area contributed by atoms with Gasteiger partial charge in [0, 0.05) is 6.54 Å². The number of likely N-dealkylation sites (N-methyl/N-ethyl adjacent to an activating group) is 1. The molecule has 1 heterocycles. The van der Waals surface area contributed by atoms with Crippen LogP contribution in [0.1, 0.15) is 5.69 Å². The average Bonchev–Trinajstić information content (AvgIpc) is 2.59. The molecule has 0 aliphatic heterocycles. The van der Waals surface area contributed by atoms with Crippen LogP contribution < -0.4 is 5.73 Å². The summed E-state index contributed by atoms with van der Waals surface area (Å²) in [5.74, 6) is 0. The topological polar surface area (TPSA) is 86.3 Å². The van der Waals surface area contributed by atoms with Gasteiger partial charge < -0.3 is 15.4 Å². The number of nitrogens with zero attached hydrogens (tertiary/aromatic N) is 4. The zero-order valence-electron chi connectivity index (χ0n) is 8.88. The number of nitrogens with two attached hydrogens (primary N) is 1. The van der Waals surface area contributed by atoms with Crippen molar-refractivity contribution in [3.63, 3.8) is 0 Å². The van der Waals surface area contributed by atoms with Gasteiger partial charge in [-0.05, 0) is 14.1 Å². The highest BCUT2D eigenvalue weighted by molar-refractivity contribution is 5.64. The second-order valence-corrected chi connectivity index (χ2v) is 3.38. The van der Waals surface area contributed by atoms with Gasteiger partial charge in [0.2, 0.25) is 0 Å². The monoisotopic (exact) mass is 213 g/mol. The highest BCUT2D eigenvalue weighted by atomic mass is 16.5. The first-order valence-electron chi connectivity index (χ1n) is 4.54. The standard InChI is InChI=1S/C8H15N5O2/c1-12(2)3-4-13-5-7(10-11-13)6-15-8(9)14/h5H,3-4,6H2,1-2H3,(H2,9,14). The van der Waals surface area contributed by atoms with E-state index in [-0.39, 0.29) is 6.61 Å². The Balaban J connectivity index is 2.38. The molecule has 0 bridgehead atoms. The van der Waals surface area contributed by atoms with Crippen molar-refractivity contribution in [3.05, 3.63) is 11.9 Å². The maximum Gasteiger partial charge on any atom is 0.404 e. The molecule has 0 fully saturated rings. The molecular weight excluding hydrogens is 198 g/mol. The summed E-state index contributed by atoms with van der Waals surface area (Å²) in [4.78, 5) is 12.4.